The zero-order chi connectivity index (χ0) is 16.2. The summed E-state index contributed by atoms with van der Waals surface area (Å²) >= 11 is 0. The Hall–Kier alpha value is -2.25. The quantitative estimate of drug-likeness (QED) is 0.855. The van der Waals surface area contributed by atoms with Crippen molar-refractivity contribution in [1.82, 2.24) is 9.80 Å². The number of rotatable bonds is 4. The summed E-state index contributed by atoms with van der Waals surface area (Å²) in [5, 5.41) is 2.80. The summed E-state index contributed by atoms with van der Waals surface area (Å²) in [4.78, 5) is 25.8. The first-order valence-electron chi connectivity index (χ1n) is 6.78. The molecule has 5 nitrogen and oxygen atoms in total. The highest BCUT2D eigenvalue weighted by Gasteiger charge is 2.30. The molecule has 8 heteroatoms. The molecule has 1 saturated heterocycles. The summed E-state index contributed by atoms with van der Waals surface area (Å²) in [6.07, 6.45) is -3.62. The van der Waals surface area contributed by atoms with E-state index < -0.39 is 11.7 Å². The molecular formula is C14H16F3N3O2. The van der Waals surface area contributed by atoms with E-state index in [-0.39, 0.29) is 12.5 Å². The van der Waals surface area contributed by atoms with Gasteiger partial charge in [-0.25, -0.2) is 0 Å². The van der Waals surface area contributed by atoms with Gasteiger partial charge in [0.05, 0.1) is 12.1 Å². The zero-order valence-corrected chi connectivity index (χ0v) is 11.8. The summed E-state index contributed by atoms with van der Waals surface area (Å²) in [6.45, 7) is 1.93. The minimum absolute atomic E-state index is 0.00640. The second-order valence-corrected chi connectivity index (χ2v) is 4.95. The monoisotopic (exact) mass is 315 g/mol. The fourth-order valence-electron chi connectivity index (χ4n) is 2.14. The van der Waals surface area contributed by atoms with Gasteiger partial charge in [-0.1, -0.05) is 0 Å². The number of amides is 2. The summed E-state index contributed by atoms with van der Waals surface area (Å²) in [6, 6.07) is 4.52. The van der Waals surface area contributed by atoms with E-state index in [2.05, 4.69) is 5.32 Å². The van der Waals surface area contributed by atoms with Gasteiger partial charge in [0.2, 0.25) is 12.3 Å². The number of piperazine rings is 1. The van der Waals surface area contributed by atoms with Gasteiger partial charge >= 0.3 is 6.18 Å². The first-order chi connectivity index (χ1) is 10.4. The fraction of sp³-hybridized carbons (Fsp3) is 0.429. The van der Waals surface area contributed by atoms with E-state index in [0.29, 0.717) is 31.9 Å². The fourth-order valence-corrected chi connectivity index (χ4v) is 2.14. The van der Waals surface area contributed by atoms with Gasteiger partial charge in [0, 0.05) is 31.9 Å². The Balaban J connectivity index is 1.83. The van der Waals surface area contributed by atoms with E-state index in [9.17, 15) is 22.8 Å². The molecule has 1 N–H and O–H groups in total. The van der Waals surface area contributed by atoms with Crippen molar-refractivity contribution in [1.29, 1.82) is 0 Å². The standard InChI is InChI=1S/C14H16F3N3O2/c15-14(16,17)11-1-3-12(4-2-11)18-9-13(22)20-7-5-19(10-21)6-8-20/h1-4,10,18H,5-9H2. The van der Waals surface area contributed by atoms with E-state index >= 15 is 0 Å². The minimum Gasteiger partial charge on any atom is -0.376 e. The van der Waals surface area contributed by atoms with Crippen LogP contribution in [0.1, 0.15) is 5.56 Å². The molecule has 2 rings (SSSR count). The largest absolute Gasteiger partial charge is 0.416 e. The van der Waals surface area contributed by atoms with Crippen molar-refractivity contribution < 1.29 is 22.8 Å². The molecule has 0 bridgehead atoms. The SMILES string of the molecule is O=CN1CCN(C(=O)CNc2ccc(C(F)(F)F)cc2)CC1. The van der Waals surface area contributed by atoms with Crippen molar-refractivity contribution in [3.8, 4) is 0 Å². The van der Waals surface area contributed by atoms with Gasteiger partial charge in [0.25, 0.3) is 0 Å². The lowest BCUT2D eigenvalue weighted by Gasteiger charge is -2.32. The molecular weight excluding hydrogens is 299 g/mol. The number of hydrogen-bond acceptors (Lipinski definition) is 3. The second kappa shape index (κ2) is 6.67. The third kappa shape index (κ3) is 4.12. The highest BCUT2D eigenvalue weighted by Crippen LogP contribution is 2.29. The van der Waals surface area contributed by atoms with Gasteiger partial charge in [-0.15, -0.1) is 0 Å². The van der Waals surface area contributed by atoms with E-state index in [0.717, 1.165) is 18.5 Å². The Morgan fingerprint density at radius 2 is 1.73 bits per heavy atom. The van der Waals surface area contributed by atoms with Crippen LogP contribution in [0.2, 0.25) is 0 Å². The van der Waals surface area contributed by atoms with Gasteiger partial charge < -0.3 is 15.1 Å². The highest BCUT2D eigenvalue weighted by atomic mass is 19.4. The Morgan fingerprint density at radius 3 is 2.23 bits per heavy atom. The highest BCUT2D eigenvalue weighted by molar-refractivity contribution is 5.81. The van der Waals surface area contributed by atoms with Crippen LogP contribution in [0.4, 0.5) is 18.9 Å². The zero-order valence-electron chi connectivity index (χ0n) is 11.8. The predicted octanol–water partition coefficient (Wildman–Crippen LogP) is 1.42. The summed E-state index contributed by atoms with van der Waals surface area (Å²) in [7, 11) is 0. The van der Waals surface area contributed by atoms with E-state index in [1.807, 2.05) is 0 Å². The van der Waals surface area contributed by atoms with Crippen molar-refractivity contribution in [3.63, 3.8) is 0 Å². The summed E-state index contributed by atoms with van der Waals surface area (Å²) in [5.41, 5.74) is -0.276. The molecule has 2 amide bonds. The molecule has 0 atom stereocenters. The third-order valence-corrected chi connectivity index (χ3v) is 3.47. The first-order valence-corrected chi connectivity index (χ1v) is 6.78. The van der Waals surface area contributed by atoms with E-state index in [1.165, 1.54) is 12.1 Å². The normalized spacial score (nSPS) is 15.6. The van der Waals surface area contributed by atoms with Crippen molar-refractivity contribution in [2.45, 2.75) is 6.18 Å². The molecule has 1 heterocycles. The summed E-state index contributed by atoms with van der Waals surface area (Å²) < 4.78 is 37.3. The number of carbonyl (C=O) groups excluding carboxylic acids is 2. The van der Waals surface area contributed by atoms with Crippen molar-refractivity contribution >= 4 is 18.0 Å². The van der Waals surface area contributed by atoms with Gasteiger partial charge in [-0.3, -0.25) is 9.59 Å². The van der Waals surface area contributed by atoms with Crippen LogP contribution in [0.15, 0.2) is 24.3 Å². The predicted molar refractivity (Wildman–Crippen MR) is 74.2 cm³/mol. The van der Waals surface area contributed by atoms with Crippen LogP contribution >= 0.6 is 0 Å². The molecule has 0 radical (unpaired) electrons. The molecule has 0 aromatic heterocycles. The maximum absolute atomic E-state index is 12.4. The number of carbonyl (C=O) groups is 2. The first kappa shape index (κ1) is 16.1. The van der Waals surface area contributed by atoms with Crippen LogP contribution in [-0.4, -0.2) is 54.8 Å². The van der Waals surface area contributed by atoms with Crippen LogP contribution in [0, 0.1) is 0 Å². The van der Waals surface area contributed by atoms with Gasteiger partial charge in [0.1, 0.15) is 0 Å². The number of benzene rings is 1. The molecule has 1 aromatic rings. The van der Waals surface area contributed by atoms with Gasteiger partial charge in [-0.2, -0.15) is 13.2 Å². The molecule has 0 saturated carbocycles. The maximum Gasteiger partial charge on any atom is 0.416 e. The van der Waals surface area contributed by atoms with Crippen molar-refractivity contribution in [2.75, 3.05) is 38.0 Å². The molecule has 1 aliphatic heterocycles. The Kier molecular flexibility index (Phi) is 4.89. The van der Waals surface area contributed by atoms with E-state index in [1.54, 1.807) is 9.80 Å². The van der Waals surface area contributed by atoms with E-state index in [4.69, 9.17) is 0 Å². The number of nitrogens with one attached hydrogen (secondary N) is 1. The Labute approximate surface area is 125 Å². The molecule has 1 aromatic carbocycles. The molecule has 120 valence electrons. The Morgan fingerprint density at radius 1 is 1.14 bits per heavy atom. The van der Waals surface area contributed by atoms with Crippen molar-refractivity contribution in [3.05, 3.63) is 29.8 Å². The number of halogens is 3. The van der Waals surface area contributed by atoms with Crippen molar-refractivity contribution in [2.24, 2.45) is 0 Å². The molecule has 22 heavy (non-hydrogen) atoms. The topological polar surface area (TPSA) is 52.7 Å². The van der Waals surface area contributed by atoms with Crippen LogP contribution in [-0.2, 0) is 15.8 Å². The maximum atomic E-state index is 12.4. The minimum atomic E-state index is -4.37. The lowest BCUT2D eigenvalue weighted by atomic mass is 10.2. The lowest BCUT2D eigenvalue weighted by molar-refractivity contribution is -0.137. The third-order valence-electron chi connectivity index (χ3n) is 3.47. The van der Waals surface area contributed by atoms with Gasteiger partial charge in [-0.05, 0) is 24.3 Å². The number of nitrogens with zero attached hydrogens (tertiary/aromatic N) is 2. The molecule has 0 unspecified atom stereocenters. The molecule has 0 spiro atoms. The number of hydrogen-bond donors (Lipinski definition) is 1. The number of alkyl halides is 3. The lowest BCUT2D eigenvalue weighted by Crippen LogP contribution is -2.49. The molecule has 1 aliphatic rings. The molecule has 1 fully saturated rings. The van der Waals surface area contributed by atoms with Crippen LogP contribution < -0.4 is 5.32 Å². The smallest absolute Gasteiger partial charge is 0.376 e. The Bertz CT molecular complexity index is 523. The van der Waals surface area contributed by atoms with Gasteiger partial charge in [0.15, 0.2) is 0 Å². The van der Waals surface area contributed by atoms with Crippen LogP contribution in [0.25, 0.3) is 0 Å². The molecule has 0 aliphatic carbocycles. The number of anilines is 1. The van der Waals surface area contributed by atoms with Crippen LogP contribution in [0.5, 0.6) is 0 Å². The second-order valence-electron chi connectivity index (χ2n) is 4.95. The summed E-state index contributed by atoms with van der Waals surface area (Å²) in [5.74, 6) is -0.148. The average molecular weight is 315 g/mol. The van der Waals surface area contributed by atoms with Crippen LogP contribution in [0.3, 0.4) is 0 Å². The average Bonchev–Trinajstić information content (AvgIpc) is 2.52.